The number of cyclic esters (lactones) is 1. The van der Waals surface area contributed by atoms with E-state index in [0.29, 0.717) is 19.4 Å². The first kappa shape index (κ1) is 23.2. The highest BCUT2D eigenvalue weighted by molar-refractivity contribution is 9.09. The molecule has 0 bridgehead atoms. The Morgan fingerprint density at radius 3 is 2.71 bits per heavy atom. The second kappa shape index (κ2) is 7.33. The average molecular weight is 551 g/mol. The summed E-state index contributed by atoms with van der Waals surface area (Å²) in [6.07, 6.45) is 6.21. The zero-order valence-electron chi connectivity index (χ0n) is 20.8. The zero-order valence-corrected chi connectivity index (χ0v) is 22.4. The van der Waals surface area contributed by atoms with Gasteiger partial charge < -0.3 is 23.7 Å². The number of unbranched alkanes of at least 4 members (excludes halogenated alkanes) is 3. The van der Waals surface area contributed by atoms with Crippen LogP contribution >= 0.6 is 15.9 Å². The lowest BCUT2D eigenvalue weighted by molar-refractivity contribution is -0.169. The number of carbonyl (C=O) groups is 2. The van der Waals surface area contributed by atoms with Crippen LogP contribution in [0.2, 0.25) is 0 Å². The average Bonchev–Trinajstić information content (AvgIpc) is 3.72. The van der Waals surface area contributed by atoms with Gasteiger partial charge in [-0.2, -0.15) is 0 Å². The van der Waals surface area contributed by atoms with E-state index in [-0.39, 0.29) is 47.5 Å². The lowest BCUT2D eigenvalue weighted by atomic mass is 9.46. The van der Waals surface area contributed by atoms with Crippen molar-refractivity contribution >= 4 is 27.9 Å². The van der Waals surface area contributed by atoms with Gasteiger partial charge in [0.2, 0.25) is 0 Å². The highest BCUT2D eigenvalue weighted by Gasteiger charge is 3.01. The van der Waals surface area contributed by atoms with Crippen LogP contribution in [-0.2, 0) is 33.3 Å². The van der Waals surface area contributed by atoms with Gasteiger partial charge in [-0.1, -0.05) is 49.5 Å². The van der Waals surface area contributed by atoms with Gasteiger partial charge in [-0.3, -0.25) is 4.79 Å². The van der Waals surface area contributed by atoms with E-state index in [2.05, 4.69) is 36.7 Å². The zero-order chi connectivity index (χ0) is 24.4. The van der Waals surface area contributed by atoms with Gasteiger partial charge in [0, 0.05) is 22.7 Å². The number of halogens is 1. The van der Waals surface area contributed by atoms with Gasteiger partial charge in [-0.15, -0.1) is 0 Å². The molecule has 7 rings (SSSR count). The quantitative estimate of drug-likeness (QED) is 0.195. The third kappa shape index (κ3) is 2.63. The number of fused-ring (bicyclic) bond motifs is 4. The van der Waals surface area contributed by atoms with E-state index >= 15 is 0 Å². The van der Waals surface area contributed by atoms with Gasteiger partial charge in [0.15, 0.2) is 11.7 Å². The predicted octanol–water partition coefficient (Wildman–Crippen LogP) is 4.00. The van der Waals surface area contributed by atoms with Crippen molar-refractivity contribution < 1.29 is 33.3 Å². The molecule has 4 aliphatic heterocycles. The molecule has 0 aromatic heterocycles. The van der Waals surface area contributed by atoms with Crippen molar-refractivity contribution in [2.45, 2.75) is 113 Å². The monoisotopic (exact) mass is 550 g/mol. The van der Waals surface area contributed by atoms with Gasteiger partial charge in [0.05, 0.1) is 6.10 Å². The molecule has 0 unspecified atom stereocenters. The van der Waals surface area contributed by atoms with Crippen LogP contribution in [0.1, 0.15) is 72.1 Å². The smallest absolute Gasteiger partial charge is 0.334 e. The first-order chi connectivity index (χ1) is 16.8. The van der Waals surface area contributed by atoms with E-state index in [1.54, 1.807) is 0 Å². The van der Waals surface area contributed by atoms with E-state index in [1.807, 2.05) is 0 Å². The van der Waals surface area contributed by atoms with E-state index in [1.165, 1.54) is 0 Å². The molecular formula is C27H35BrO7. The number of hydrogen-bond donors (Lipinski definition) is 0. The van der Waals surface area contributed by atoms with Crippen molar-refractivity contribution in [3.63, 3.8) is 0 Å². The van der Waals surface area contributed by atoms with Gasteiger partial charge in [-0.25, -0.2) is 4.79 Å². The highest BCUT2D eigenvalue weighted by Crippen LogP contribution is 2.83. The fraction of sp³-hybridized carbons (Fsp3) is 0.852. The Hall–Kier alpha value is -0.960. The summed E-state index contributed by atoms with van der Waals surface area (Å²) in [6, 6.07) is 0. The molecule has 2 saturated carbocycles. The second-order valence-corrected chi connectivity index (χ2v) is 13.0. The molecule has 4 heterocycles. The molecule has 2 spiro atoms. The lowest BCUT2D eigenvalue weighted by Gasteiger charge is -2.53. The molecule has 0 N–H and O–H groups in total. The van der Waals surface area contributed by atoms with E-state index < -0.39 is 22.9 Å². The lowest BCUT2D eigenvalue weighted by Crippen LogP contribution is -2.70. The molecule has 3 aliphatic carbocycles. The number of esters is 2. The molecule has 3 saturated heterocycles. The molecule has 35 heavy (non-hydrogen) atoms. The minimum atomic E-state index is -0.659. The van der Waals surface area contributed by atoms with Crippen LogP contribution in [0.4, 0.5) is 0 Å². The molecule has 8 heteroatoms. The number of ether oxygens (including phenoxy) is 5. The SMILES string of the molecule is CC(C)[C@]12O[C@H]1[C@@H]1O[C@]13[C@]1(O[C@H]1C[C@H]1C4=C(CC[C@@]13C)C(=O)OC4)[C@@H]2OC(=O)CCCCCCBr. The highest BCUT2D eigenvalue weighted by atomic mass is 79.9. The maximum absolute atomic E-state index is 13.1. The molecular weight excluding hydrogens is 516 g/mol. The molecule has 0 aromatic rings. The van der Waals surface area contributed by atoms with Gasteiger partial charge in [-0.05, 0) is 49.5 Å². The van der Waals surface area contributed by atoms with E-state index in [0.717, 1.165) is 55.0 Å². The van der Waals surface area contributed by atoms with E-state index in [4.69, 9.17) is 23.7 Å². The molecule has 5 fully saturated rings. The van der Waals surface area contributed by atoms with Gasteiger partial charge >= 0.3 is 11.9 Å². The normalized spacial score (nSPS) is 49.7. The summed E-state index contributed by atoms with van der Waals surface area (Å²) >= 11 is 3.47. The van der Waals surface area contributed by atoms with Crippen LogP contribution in [-0.4, -0.2) is 65.1 Å². The number of hydrogen-bond acceptors (Lipinski definition) is 7. The van der Waals surface area contributed by atoms with Crippen LogP contribution in [0.15, 0.2) is 11.1 Å². The summed E-state index contributed by atoms with van der Waals surface area (Å²) < 4.78 is 31.7. The van der Waals surface area contributed by atoms with Crippen LogP contribution in [0.3, 0.4) is 0 Å². The van der Waals surface area contributed by atoms with Crippen LogP contribution in [0.5, 0.6) is 0 Å². The Kier molecular flexibility index (Phi) is 4.85. The fourth-order valence-electron chi connectivity index (χ4n) is 8.75. The maximum Gasteiger partial charge on any atom is 0.334 e. The van der Waals surface area contributed by atoms with Crippen LogP contribution < -0.4 is 0 Å². The molecule has 7 nitrogen and oxygen atoms in total. The third-order valence-electron chi connectivity index (χ3n) is 10.6. The first-order valence-electron chi connectivity index (χ1n) is 13.5. The largest absolute Gasteiger partial charge is 0.458 e. The summed E-state index contributed by atoms with van der Waals surface area (Å²) in [5.74, 6) is 0.0473. The van der Waals surface area contributed by atoms with Crippen molar-refractivity contribution in [1.82, 2.24) is 0 Å². The predicted molar refractivity (Wildman–Crippen MR) is 128 cm³/mol. The third-order valence-corrected chi connectivity index (χ3v) is 11.1. The van der Waals surface area contributed by atoms with Crippen molar-refractivity contribution in [3.05, 3.63) is 11.1 Å². The molecule has 7 aliphatic rings. The van der Waals surface area contributed by atoms with Crippen LogP contribution in [0.25, 0.3) is 0 Å². The maximum atomic E-state index is 13.1. The van der Waals surface area contributed by atoms with E-state index in [9.17, 15) is 9.59 Å². The minimum Gasteiger partial charge on any atom is -0.458 e. The van der Waals surface area contributed by atoms with Crippen molar-refractivity contribution in [2.75, 3.05) is 11.9 Å². The van der Waals surface area contributed by atoms with Crippen molar-refractivity contribution in [2.24, 2.45) is 17.3 Å². The first-order valence-corrected chi connectivity index (χ1v) is 14.6. The summed E-state index contributed by atoms with van der Waals surface area (Å²) in [5, 5.41) is 0.998. The summed E-state index contributed by atoms with van der Waals surface area (Å²) in [6.45, 7) is 6.99. The topological polar surface area (TPSA) is 90.2 Å². The van der Waals surface area contributed by atoms with Crippen molar-refractivity contribution in [3.8, 4) is 0 Å². The van der Waals surface area contributed by atoms with Crippen LogP contribution in [0, 0.1) is 17.3 Å². The van der Waals surface area contributed by atoms with Crippen molar-refractivity contribution in [1.29, 1.82) is 0 Å². The standard InChI is InChI=1S/C27H35BrO7/c1-14(2)25-20(34-25)21-27(35-21)24(3)10-9-15-16(13-31-22(15)30)17(24)12-18-26(27,33-18)23(25)32-19(29)8-6-4-5-7-11-28/h14,17-18,20-21,23H,4-13H2,1-3H3/t17-,18-,20-,21-,23+,24-,25-,26+,27+/m0/s1. The number of carbonyl (C=O) groups excluding carboxylic acids is 2. The Balaban J connectivity index is 1.21. The fourth-order valence-corrected chi connectivity index (χ4v) is 9.15. The number of epoxide rings is 3. The Morgan fingerprint density at radius 2 is 1.94 bits per heavy atom. The molecule has 192 valence electrons. The van der Waals surface area contributed by atoms with Gasteiger partial charge in [0.25, 0.3) is 0 Å². The Bertz CT molecular complexity index is 1020. The Labute approximate surface area is 214 Å². The Morgan fingerprint density at radius 1 is 1.14 bits per heavy atom. The summed E-state index contributed by atoms with van der Waals surface area (Å²) in [5.41, 5.74) is 0.0519. The molecule has 9 atom stereocenters. The van der Waals surface area contributed by atoms with Gasteiger partial charge in [0.1, 0.15) is 30.0 Å². The second-order valence-electron chi connectivity index (χ2n) is 12.2. The number of rotatable bonds is 8. The minimum absolute atomic E-state index is 0.0536. The molecule has 0 radical (unpaired) electrons. The molecule has 0 amide bonds. The molecule has 0 aromatic carbocycles. The number of alkyl halides is 1. The summed E-state index contributed by atoms with van der Waals surface area (Å²) in [7, 11) is 0. The summed E-state index contributed by atoms with van der Waals surface area (Å²) in [4.78, 5) is 25.5.